The number of sulfonamides is 1. The van der Waals surface area contributed by atoms with Crippen LogP contribution in [0.25, 0.3) is 0 Å². The Labute approximate surface area is 197 Å². The first-order valence-corrected chi connectivity index (χ1v) is 12.1. The maximum atomic E-state index is 12.7. The van der Waals surface area contributed by atoms with E-state index in [1.165, 1.54) is 18.2 Å². The van der Waals surface area contributed by atoms with Gasteiger partial charge in [0.15, 0.2) is 6.61 Å². The van der Waals surface area contributed by atoms with Crippen LogP contribution in [0.1, 0.15) is 13.3 Å². The number of carbonyl (C=O) groups is 1. The van der Waals surface area contributed by atoms with Crippen molar-refractivity contribution in [3.63, 3.8) is 0 Å². The van der Waals surface area contributed by atoms with E-state index in [1.54, 1.807) is 36.8 Å². The molecule has 0 spiro atoms. The van der Waals surface area contributed by atoms with Gasteiger partial charge in [0.1, 0.15) is 11.5 Å². The number of ether oxygens (including phenoxy) is 2. The van der Waals surface area contributed by atoms with Crippen molar-refractivity contribution < 1.29 is 22.7 Å². The van der Waals surface area contributed by atoms with Crippen LogP contribution in [0, 0.1) is 0 Å². The molecule has 0 aliphatic carbocycles. The van der Waals surface area contributed by atoms with Crippen molar-refractivity contribution in [3.8, 4) is 11.5 Å². The molecule has 2 N–H and O–H groups in total. The number of anilines is 1. The highest BCUT2D eigenvalue weighted by Crippen LogP contribution is 2.28. The van der Waals surface area contributed by atoms with Crippen molar-refractivity contribution in [3.05, 3.63) is 66.2 Å². The second-order valence-electron chi connectivity index (χ2n) is 6.95. The third-order valence-electron chi connectivity index (χ3n) is 4.46. The van der Waals surface area contributed by atoms with Crippen molar-refractivity contribution in [2.75, 3.05) is 24.5 Å². The minimum Gasteiger partial charge on any atom is -0.494 e. The van der Waals surface area contributed by atoms with Gasteiger partial charge in [0.05, 0.1) is 22.9 Å². The summed E-state index contributed by atoms with van der Waals surface area (Å²) < 4.78 is 40.5. The third-order valence-corrected chi connectivity index (χ3v) is 6.14. The molecule has 11 heteroatoms. The molecule has 0 aliphatic heterocycles. The van der Waals surface area contributed by atoms with Crippen LogP contribution in [0.4, 0.5) is 5.69 Å². The molecule has 33 heavy (non-hydrogen) atoms. The molecule has 0 saturated heterocycles. The molecule has 2 aromatic carbocycles. The van der Waals surface area contributed by atoms with Crippen LogP contribution in [0.15, 0.2) is 66.1 Å². The van der Waals surface area contributed by atoms with Crippen LogP contribution in [0.2, 0.25) is 5.02 Å². The van der Waals surface area contributed by atoms with E-state index in [-0.39, 0.29) is 28.2 Å². The molecule has 9 nitrogen and oxygen atoms in total. The Morgan fingerprint density at radius 2 is 1.94 bits per heavy atom. The number of hydrogen-bond acceptors (Lipinski definition) is 6. The van der Waals surface area contributed by atoms with Gasteiger partial charge in [0.2, 0.25) is 0 Å². The van der Waals surface area contributed by atoms with Gasteiger partial charge < -0.3 is 19.4 Å². The fourth-order valence-electron chi connectivity index (χ4n) is 2.87. The van der Waals surface area contributed by atoms with Crippen molar-refractivity contribution in [2.24, 2.45) is 0 Å². The van der Waals surface area contributed by atoms with Gasteiger partial charge in [-0.1, -0.05) is 11.6 Å². The Hall–Kier alpha value is -3.24. The zero-order chi connectivity index (χ0) is 23.7. The van der Waals surface area contributed by atoms with Crippen LogP contribution in [0.5, 0.6) is 11.5 Å². The first-order valence-electron chi connectivity index (χ1n) is 10.3. The lowest BCUT2D eigenvalue weighted by atomic mass is 10.3. The Kier molecular flexibility index (Phi) is 8.56. The summed E-state index contributed by atoms with van der Waals surface area (Å²) in [6, 6.07) is 10.6. The molecule has 3 rings (SSSR count). The van der Waals surface area contributed by atoms with E-state index in [0.717, 1.165) is 13.0 Å². The number of carbonyl (C=O) groups excluding carboxylic acids is 1. The van der Waals surface area contributed by atoms with Crippen molar-refractivity contribution >= 4 is 33.2 Å². The maximum absolute atomic E-state index is 12.7. The third kappa shape index (κ3) is 7.40. The summed E-state index contributed by atoms with van der Waals surface area (Å²) in [5.74, 6) is 0.558. The van der Waals surface area contributed by atoms with Crippen molar-refractivity contribution in [2.45, 2.75) is 24.8 Å². The lowest BCUT2D eigenvalue weighted by Gasteiger charge is -2.12. The average molecular weight is 493 g/mol. The largest absolute Gasteiger partial charge is 0.494 e. The molecule has 0 radical (unpaired) electrons. The average Bonchev–Trinajstić information content (AvgIpc) is 3.31. The monoisotopic (exact) mass is 492 g/mol. The van der Waals surface area contributed by atoms with Gasteiger partial charge in [-0.25, -0.2) is 13.4 Å². The normalized spacial score (nSPS) is 11.1. The number of halogens is 1. The van der Waals surface area contributed by atoms with Crippen LogP contribution in [-0.2, 0) is 21.4 Å². The molecule has 0 fully saturated rings. The fraction of sp³-hybridized carbons (Fsp3) is 0.273. The highest BCUT2D eigenvalue weighted by Gasteiger charge is 2.17. The first-order chi connectivity index (χ1) is 15.9. The van der Waals surface area contributed by atoms with E-state index in [2.05, 4.69) is 15.0 Å². The number of amides is 1. The molecule has 3 aromatic rings. The van der Waals surface area contributed by atoms with E-state index < -0.39 is 10.0 Å². The van der Waals surface area contributed by atoms with E-state index in [9.17, 15) is 13.2 Å². The standard InChI is InChI=1S/C22H25ClN4O5S/c1-2-31-18-6-4-17(5-7-18)26-33(29,30)19-8-9-21(20(23)14-19)32-15-22(28)25-10-3-12-27-13-11-24-16-27/h4-9,11,13-14,16,26H,2-3,10,12,15H2,1H3,(H,25,28). The van der Waals surface area contributed by atoms with E-state index in [1.807, 2.05) is 17.7 Å². The molecule has 0 atom stereocenters. The van der Waals surface area contributed by atoms with Gasteiger partial charge in [-0.2, -0.15) is 0 Å². The van der Waals surface area contributed by atoms with E-state index in [4.69, 9.17) is 21.1 Å². The maximum Gasteiger partial charge on any atom is 0.261 e. The zero-order valence-electron chi connectivity index (χ0n) is 18.0. The Bertz CT molecular complexity index is 1150. The fourth-order valence-corrected chi connectivity index (χ4v) is 4.25. The van der Waals surface area contributed by atoms with Gasteiger partial charge >= 0.3 is 0 Å². The summed E-state index contributed by atoms with van der Waals surface area (Å²) in [4.78, 5) is 15.9. The van der Waals surface area contributed by atoms with Gasteiger partial charge in [0, 0.05) is 31.2 Å². The number of aryl methyl sites for hydroxylation is 1. The van der Waals surface area contributed by atoms with Gasteiger partial charge in [-0.05, 0) is 55.8 Å². The summed E-state index contributed by atoms with van der Waals surface area (Å²) in [6.07, 6.45) is 6.01. The lowest BCUT2D eigenvalue weighted by Crippen LogP contribution is -2.30. The second-order valence-corrected chi connectivity index (χ2v) is 9.04. The molecule has 1 heterocycles. The summed E-state index contributed by atoms with van der Waals surface area (Å²) in [7, 11) is -3.86. The Balaban J connectivity index is 1.50. The highest BCUT2D eigenvalue weighted by atomic mass is 35.5. The number of benzene rings is 2. The second kappa shape index (κ2) is 11.6. The highest BCUT2D eigenvalue weighted by molar-refractivity contribution is 7.92. The molecule has 0 saturated carbocycles. The van der Waals surface area contributed by atoms with E-state index in [0.29, 0.717) is 24.6 Å². The van der Waals surface area contributed by atoms with Crippen LogP contribution >= 0.6 is 11.6 Å². The molecule has 0 bridgehead atoms. The molecule has 1 amide bonds. The Morgan fingerprint density at radius 3 is 2.61 bits per heavy atom. The number of aromatic nitrogens is 2. The van der Waals surface area contributed by atoms with Crippen LogP contribution in [0.3, 0.4) is 0 Å². The van der Waals surface area contributed by atoms with Crippen molar-refractivity contribution in [1.29, 1.82) is 0 Å². The lowest BCUT2D eigenvalue weighted by molar-refractivity contribution is -0.123. The predicted molar refractivity (Wildman–Crippen MR) is 125 cm³/mol. The molecular formula is C22H25ClN4O5S. The Morgan fingerprint density at radius 1 is 1.15 bits per heavy atom. The van der Waals surface area contributed by atoms with Gasteiger partial charge in [-0.3, -0.25) is 9.52 Å². The number of nitrogens with zero attached hydrogens (tertiary/aromatic N) is 2. The first kappa shape index (κ1) is 24.4. The smallest absolute Gasteiger partial charge is 0.261 e. The molecule has 0 unspecified atom stereocenters. The summed E-state index contributed by atoms with van der Waals surface area (Å²) in [5.41, 5.74) is 0.389. The van der Waals surface area contributed by atoms with Crippen LogP contribution < -0.4 is 19.5 Å². The van der Waals surface area contributed by atoms with Crippen LogP contribution in [-0.4, -0.2) is 43.6 Å². The van der Waals surface area contributed by atoms with Gasteiger partial charge in [0.25, 0.3) is 15.9 Å². The van der Waals surface area contributed by atoms with Crippen molar-refractivity contribution in [1.82, 2.24) is 14.9 Å². The topological polar surface area (TPSA) is 112 Å². The van der Waals surface area contributed by atoms with Gasteiger partial charge in [-0.15, -0.1) is 0 Å². The minimum absolute atomic E-state index is 0.0299. The number of imidazole rings is 1. The summed E-state index contributed by atoms with van der Waals surface area (Å²) in [5, 5.41) is 2.83. The van der Waals surface area contributed by atoms with E-state index >= 15 is 0 Å². The number of hydrogen-bond donors (Lipinski definition) is 2. The predicted octanol–water partition coefficient (Wildman–Crippen LogP) is 3.32. The number of rotatable bonds is 12. The molecular weight excluding hydrogens is 468 g/mol. The number of nitrogens with one attached hydrogen (secondary N) is 2. The molecule has 176 valence electrons. The SMILES string of the molecule is CCOc1ccc(NS(=O)(=O)c2ccc(OCC(=O)NCCCn3ccnc3)c(Cl)c2)cc1. The minimum atomic E-state index is -3.86. The quantitative estimate of drug-likeness (QED) is 0.375. The summed E-state index contributed by atoms with van der Waals surface area (Å²) >= 11 is 6.19. The summed E-state index contributed by atoms with van der Waals surface area (Å²) in [6.45, 7) is 3.38. The zero-order valence-corrected chi connectivity index (χ0v) is 19.6. The molecule has 0 aliphatic rings. The molecule has 1 aromatic heterocycles.